The van der Waals surface area contributed by atoms with Crippen molar-refractivity contribution in [2.75, 3.05) is 19.3 Å². The van der Waals surface area contributed by atoms with Gasteiger partial charge >= 0.3 is 0 Å². The number of nitrogens with zero attached hydrogens (tertiary/aromatic N) is 1. The highest BCUT2D eigenvalue weighted by Crippen LogP contribution is 2.25. The largest absolute Gasteiger partial charge is 0.398 e. The Hall–Kier alpha value is -1.36. The predicted molar refractivity (Wildman–Crippen MR) is 68.0 cm³/mol. The molecule has 1 fully saturated rings. The van der Waals surface area contributed by atoms with Gasteiger partial charge in [0.2, 0.25) is 5.91 Å². The van der Waals surface area contributed by atoms with Crippen LogP contribution in [0.3, 0.4) is 0 Å². The first-order valence-corrected chi connectivity index (χ1v) is 6.73. The minimum atomic E-state index is -1.35. The summed E-state index contributed by atoms with van der Waals surface area (Å²) in [5.41, 5.74) is 7.38. The fourth-order valence-corrected chi connectivity index (χ4v) is 3.48. The lowest BCUT2D eigenvalue weighted by atomic mass is 10.2. The van der Waals surface area contributed by atoms with E-state index >= 15 is 0 Å². The zero-order chi connectivity index (χ0) is 12.6. The van der Waals surface area contributed by atoms with Crippen LogP contribution in [0.15, 0.2) is 23.1 Å². The molecule has 1 amide bonds. The molecule has 4 nitrogen and oxygen atoms in total. The van der Waals surface area contributed by atoms with Crippen molar-refractivity contribution in [3.05, 3.63) is 23.8 Å². The second kappa shape index (κ2) is 4.49. The number of hydrogen-bond acceptors (Lipinski definition) is 3. The first-order chi connectivity index (χ1) is 8.00. The lowest BCUT2D eigenvalue weighted by molar-refractivity contribution is -0.126. The first kappa shape index (κ1) is 12.1. The number of amides is 1. The Morgan fingerprint density at radius 1 is 1.47 bits per heavy atom. The quantitative estimate of drug-likeness (QED) is 0.796. The van der Waals surface area contributed by atoms with Crippen molar-refractivity contribution in [3.8, 4) is 0 Å². The smallest absolute Gasteiger partial charge is 0.238 e. The normalized spacial score (nSPS) is 21.9. The molecular weight excluding hydrogens is 236 g/mol. The van der Waals surface area contributed by atoms with Crippen LogP contribution in [-0.4, -0.2) is 33.9 Å². The number of carbonyl (C=O) groups is 1. The fourth-order valence-electron chi connectivity index (χ4n) is 1.99. The standard InChI is InChI=1S/C12H16N2O2S/c1-8-3-4-10(9(13)7-8)17(16)11-5-6-14(2)12(11)15/h3-4,7,11H,5-6,13H2,1-2H3. The van der Waals surface area contributed by atoms with Crippen molar-refractivity contribution in [3.63, 3.8) is 0 Å². The maximum Gasteiger partial charge on any atom is 0.238 e. The summed E-state index contributed by atoms with van der Waals surface area (Å²) in [6.45, 7) is 2.60. The van der Waals surface area contributed by atoms with Crippen LogP contribution < -0.4 is 5.73 Å². The van der Waals surface area contributed by atoms with Gasteiger partial charge in [-0.05, 0) is 31.0 Å². The summed E-state index contributed by atoms with van der Waals surface area (Å²) in [4.78, 5) is 14.0. The molecule has 1 heterocycles. The highest BCUT2D eigenvalue weighted by atomic mass is 32.2. The Balaban J connectivity index is 2.29. The Morgan fingerprint density at radius 2 is 2.18 bits per heavy atom. The summed E-state index contributed by atoms with van der Waals surface area (Å²) >= 11 is 0. The van der Waals surface area contributed by atoms with Gasteiger partial charge in [-0.2, -0.15) is 0 Å². The molecule has 2 atom stereocenters. The molecule has 2 N–H and O–H groups in total. The SMILES string of the molecule is Cc1ccc(S(=O)C2CCN(C)C2=O)c(N)c1. The van der Waals surface area contributed by atoms with Gasteiger partial charge in [0.1, 0.15) is 5.25 Å². The average molecular weight is 252 g/mol. The van der Waals surface area contributed by atoms with Crippen molar-refractivity contribution in [2.24, 2.45) is 0 Å². The summed E-state index contributed by atoms with van der Waals surface area (Å²) < 4.78 is 12.3. The van der Waals surface area contributed by atoms with E-state index in [1.54, 1.807) is 24.1 Å². The number of nitrogen functional groups attached to an aromatic ring is 1. The molecular formula is C12H16N2O2S. The van der Waals surface area contributed by atoms with Gasteiger partial charge in [0.25, 0.3) is 0 Å². The molecule has 1 saturated heterocycles. The van der Waals surface area contributed by atoms with Crippen molar-refractivity contribution >= 4 is 22.4 Å². The van der Waals surface area contributed by atoms with E-state index in [9.17, 15) is 9.00 Å². The molecule has 2 rings (SSSR count). The molecule has 2 unspecified atom stereocenters. The number of nitrogens with two attached hydrogens (primary N) is 1. The molecule has 92 valence electrons. The average Bonchev–Trinajstić information content (AvgIpc) is 2.59. The third-order valence-corrected chi connectivity index (χ3v) is 4.78. The number of carbonyl (C=O) groups excluding carboxylic acids is 1. The van der Waals surface area contributed by atoms with E-state index in [4.69, 9.17) is 5.73 Å². The second-order valence-corrected chi connectivity index (χ2v) is 5.98. The molecule has 0 aromatic heterocycles. The lowest BCUT2D eigenvalue weighted by Gasteiger charge is -2.12. The van der Waals surface area contributed by atoms with Crippen LogP contribution in [0.4, 0.5) is 5.69 Å². The number of anilines is 1. The van der Waals surface area contributed by atoms with Crippen LogP contribution in [0.25, 0.3) is 0 Å². The summed E-state index contributed by atoms with van der Waals surface area (Å²) in [6, 6.07) is 5.41. The predicted octanol–water partition coefficient (Wildman–Crippen LogP) is 0.916. The minimum Gasteiger partial charge on any atom is -0.398 e. The zero-order valence-electron chi connectivity index (χ0n) is 9.97. The molecule has 0 spiro atoms. The van der Waals surface area contributed by atoms with Crippen molar-refractivity contribution in [2.45, 2.75) is 23.5 Å². The van der Waals surface area contributed by atoms with Crippen molar-refractivity contribution < 1.29 is 9.00 Å². The number of rotatable bonds is 2. The summed E-state index contributed by atoms with van der Waals surface area (Å²) in [5.74, 6) is -0.0525. The third kappa shape index (κ3) is 2.20. The topological polar surface area (TPSA) is 63.4 Å². The van der Waals surface area contributed by atoms with Crippen LogP contribution in [0.2, 0.25) is 0 Å². The van der Waals surface area contributed by atoms with E-state index in [2.05, 4.69) is 0 Å². The fraction of sp³-hybridized carbons (Fsp3) is 0.417. The zero-order valence-corrected chi connectivity index (χ0v) is 10.8. The molecule has 0 saturated carbocycles. The molecule has 1 aromatic carbocycles. The maximum atomic E-state index is 12.3. The van der Waals surface area contributed by atoms with E-state index in [0.29, 0.717) is 23.5 Å². The van der Waals surface area contributed by atoms with Gasteiger partial charge in [0.05, 0.1) is 15.7 Å². The summed E-state index contributed by atoms with van der Waals surface area (Å²) in [6.07, 6.45) is 0.634. The van der Waals surface area contributed by atoms with Gasteiger partial charge < -0.3 is 10.6 Å². The van der Waals surface area contributed by atoms with E-state index in [-0.39, 0.29) is 5.91 Å². The maximum absolute atomic E-state index is 12.3. The Kier molecular flexibility index (Phi) is 3.19. The van der Waals surface area contributed by atoms with Crippen molar-refractivity contribution in [1.82, 2.24) is 4.90 Å². The third-order valence-electron chi connectivity index (χ3n) is 3.02. The number of benzene rings is 1. The monoisotopic (exact) mass is 252 g/mol. The Morgan fingerprint density at radius 3 is 2.71 bits per heavy atom. The second-order valence-electron chi connectivity index (χ2n) is 4.38. The molecule has 1 aromatic rings. The molecule has 0 bridgehead atoms. The Bertz CT molecular complexity index is 487. The number of likely N-dealkylation sites (tertiary alicyclic amines) is 1. The van der Waals surface area contributed by atoms with Gasteiger partial charge in [-0.1, -0.05) is 6.07 Å². The van der Waals surface area contributed by atoms with Gasteiger partial charge in [-0.3, -0.25) is 9.00 Å². The highest BCUT2D eigenvalue weighted by molar-refractivity contribution is 7.86. The van der Waals surface area contributed by atoms with Crippen LogP contribution >= 0.6 is 0 Å². The summed E-state index contributed by atoms with van der Waals surface area (Å²) in [5, 5.41) is -0.440. The number of aryl methyl sites for hydroxylation is 1. The van der Waals surface area contributed by atoms with Crippen LogP contribution in [0.1, 0.15) is 12.0 Å². The van der Waals surface area contributed by atoms with Crippen LogP contribution in [-0.2, 0) is 15.6 Å². The van der Waals surface area contributed by atoms with E-state index < -0.39 is 16.0 Å². The van der Waals surface area contributed by atoms with Gasteiger partial charge in [-0.25, -0.2) is 0 Å². The highest BCUT2D eigenvalue weighted by Gasteiger charge is 2.35. The molecule has 0 aliphatic carbocycles. The van der Waals surface area contributed by atoms with E-state index in [1.165, 1.54) is 0 Å². The van der Waals surface area contributed by atoms with Gasteiger partial charge in [-0.15, -0.1) is 0 Å². The van der Waals surface area contributed by atoms with E-state index in [1.807, 2.05) is 13.0 Å². The molecule has 5 heteroatoms. The lowest BCUT2D eigenvalue weighted by Crippen LogP contribution is -2.28. The number of hydrogen-bond donors (Lipinski definition) is 1. The minimum absolute atomic E-state index is 0.0525. The summed E-state index contributed by atoms with van der Waals surface area (Å²) in [7, 11) is 0.389. The van der Waals surface area contributed by atoms with Crippen molar-refractivity contribution in [1.29, 1.82) is 0 Å². The van der Waals surface area contributed by atoms with Crippen LogP contribution in [0.5, 0.6) is 0 Å². The molecule has 1 aliphatic heterocycles. The molecule has 1 aliphatic rings. The first-order valence-electron chi connectivity index (χ1n) is 5.52. The van der Waals surface area contributed by atoms with Crippen LogP contribution in [0, 0.1) is 6.92 Å². The Labute approximate surface area is 103 Å². The van der Waals surface area contributed by atoms with Gasteiger partial charge in [0, 0.05) is 19.3 Å². The molecule has 17 heavy (non-hydrogen) atoms. The molecule has 0 radical (unpaired) electrons. The van der Waals surface area contributed by atoms with Gasteiger partial charge in [0.15, 0.2) is 0 Å². The van der Waals surface area contributed by atoms with E-state index in [0.717, 1.165) is 5.56 Å².